The summed E-state index contributed by atoms with van der Waals surface area (Å²) in [5.74, 6) is 0.660. The highest BCUT2D eigenvalue weighted by Crippen LogP contribution is 2.24. The van der Waals surface area contributed by atoms with Crippen molar-refractivity contribution in [3.63, 3.8) is 0 Å². The van der Waals surface area contributed by atoms with Crippen molar-refractivity contribution >= 4 is 23.2 Å². The molecule has 8 heteroatoms. The lowest BCUT2D eigenvalue weighted by Crippen LogP contribution is -2.39. The number of rotatable bonds is 5. The minimum Gasteiger partial charge on any atom is -0.378 e. The highest BCUT2D eigenvalue weighted by atomic mass is 16.5. The number of nitrogens with one attached hydrogen (secondary N) is 2. The van der Waals surface area contributed by atoms with E-state index in [1.54, 1.807) is 6.07 Å². The molecule has 0 bridgehead atoms. The smallest absolute Gasteiger partial charge is 0.252 e. The molecule has 132 valence electrons. The maximum absolute atomic E-state index is 11.7. The molecule has 0 saturated carbocycles. The van der Waals surface area contributed by atoms with Crippen molar-refractivity contribution < 1.29 is 9.53 Å². The van der Waals surface area contributed by atoms with E-state index in [4.69, 9.17) is 16.2 Å². The van der Waals surface area contributed by atoms with E-state index >= 15 is 0 Å². The van der Waals surface area contributed by atoms with Crippen LogP contribution in [0.3, 0.4) is 0 Å². The molecular formula is C17H22N6O2. The minimum absolute atomic E-state index is 0.0286. The Balaban J connectivity index is 1.89. The molecule has 6 N–H and O–H groups in total. The third-order valence-electron chi connectivity index (χ3n) is 3.99. The van der Waals surface area contributed by atoms with Crippen LogP contribution in [0.5, 0.6) is 0 Å². The van der Waals surface area contributed by atoms with Crippen molar-refractivity contribution in [3.8, 4) is 0 Å². The summed E-state index contributed by atoms with van der Waals surface area (Å²) < 4.78 is 5.34. The molecule has 2 aromatic rings. The van der Waals surface area contributed by atoms with Gasteiger partial charge in [-0.05, 0) is 31.5 Å². The second kappa shape index (κ2) is 7.04. The average molecular weight is 342 g/mol. The lowest BCUT2D eigenvalue weighted by Gasteiger charge is -2.17. The van der Waals surface area contributed by atoms with E-state index in [1.165, 1.54) is 6.20 Å². The molecule has 3 heterocycles. The molecule has 8 nitrogen and oxygen atoms in total. The van der Waals surface area contributed by atoms with Gasteiger partial charge in [-0.15, -0.1) is 0 Å². The zero-order chi connectivity index (χ0) is 18.0. The fraction of sp³-hybridized carbons (Fsp3) is 0.353. The molecule has 0 radical (unpaired) electrons. The van der Waals surface area contributed by atoms with E-state index in [9.17, 15) is 4.79 Å². The number of amides is 1. The molecule has 25 heavy (non-hydrogen) atoms. The zero-order valence-electron chi connectivity index (χ0n) is 14.2. The topological polar surface area (TPSA) is 128 Å². The number of hydrogen-bond donors (Lipinski definition) is 4. The Kier molecular flexibility index (Phi) is 4.82. The van der Waals surface area contributed by atoms with Gasteiger partial charge in [0.2, 0.25) is 0 Å². The number of nitrogens with two attached hydrogens (primary N) is 2. The predicted molar refractivity (Wildman–Crippen MR) is 96.0 cm³/mol. The first-order valence-electron chi connectivity index (χ1n) is 8.04. The molecule has 0 aromatic carbocycles. The van der Waals surface area contributed by atoms with Gasteiger partial charge >= 0.3 is 0 Å². The van der Waals surface area contributed by atoms with Crippen LogP contribution >= 0.6 is 0 Å². The summed E-state index contributed by atoms with van der Waals surface area (Å²) >= 11 is 0. The van der Waals surface area contributed by atoms with E-state index < -0.39 is 5.91 Å². The summed E-state index contributed by atoms with van der Waals surface area (Å²) in [6.45, 7) is 4.92. The normalized spacial score (nSPS) is 19.6. The van der Waals surface area contributed by atoms with E-state index in [-0.39, 0.29) is 12.1 Å². The van der Waals surface area contributed by atoms with Gasteiger partial charge in [-0.2, -0.15) is 0 Å². The van der Waals surface area contributed by atoms with E-state index in [0.717, 1.165) is 11.3 Å². The number of anilines is 3. The van der Waals surface area contributed by atoms with Gasteiger partial charge in [0, 0.05) is 18.0 Å². The van der Waals surface area contributed by atoms with Gasteiger partial charge in [0.1, 0.15) is 11.6 Å². The van der Waals surface area contributed by atoms with Crippen LogP contribution in [-0.4, -0.2) is 41.2 Å². The Bertz CT molecular complexity index is 774. The van der Waals surface area contributed by atoms with Crippen LogP contribution in [0.25, 0.3) is 0 Å². The highest BCUT2D eigenvalue weighted by Gasteiger charge is 2.25. The standard InChI is InChI=1S/C17H22N6O2/c1-9-3-10(2)21-16(4-9)22-13-5-15(20-6-11(13)17(19)24)23-14-8-25-7-12(14)18/h3-6,12,14H,7-8,18H2,1-2H3,(H2,19,24)(H2,20,21,22,23)/t12-,14-/m1/s1. The van der Waals surface area contributed by atoms with Crippen molar-refractivity contribution in [2.24, 2.45) is 11.5 Å². The van der Waals surface area contributed by atoms with Gasteiger partial charge < -0.3 is 26.8 Å². The third-order valence-corrected chi connectivity index (χ3v) is 3.99. The monoisotopic (exact) mass is 342 g/mol. The highest BCUT2D eigenvalue weighted by molar-refractivity contribution is 5.99. The summed E-state index contributed by atoms with van der Waals surface area (Å²) in [4.78, 5) is 20.4. The quantitative estimate of drug-likeness (QED) is 0.640. The summed E-state index contributed by atoms with van der Waals surface area (Å²) in [5, 5.41) is 6.39. The number of nitrogens with zero attached hydrogens (tertiary/aromatic N) is 2. The molecule has 3 rings (SSSR count). The van der Waals surface area contributed by atoms with Crippen LogP contribution in [0.4, 0.5) is 17.3 Å². The van der Waals surface area contributed by atoms with Gasteiger partial charge in [-0.3, -0.25) is 4.79 Å². The number of hydrogen-bond acceptors (Lipinski definition) is 7. The summed E-state index contributed by atoms with van der Waals surface area (Å²) in [5.41, 5.74) is 14.2. The van der Waals surface area contributed by atoms with Gasteiger partial charge in [0.25, 0.3) is 5.91 Å². The summed E-state index contributed by atoms with van der Waals surface area (Å²) in [6.07, 6.45) is 1.44. The Morgan fingerprint density at radius 2 is 2.04 bits per heavy atom. The SMILES string of the molecule is Cc1cc(C)nc(Nc2cc(N[C@@H]3COC[C@H]3N)ncc2C(N)=O)c1. The van der Waals surface area contributed by atoms with Crippen molar-refractivity contribution in [1.29, 1.82) is 0 Å². The van der Waals surface area contributed by atoms with Crippen LogP contribution in [0.1, 0.15) is 21.6 Å². The number of pyridine rings is 2. The van der Waals surface area contributed by atoms with Gasteiger partial charge in [-0.1, -0.05) is 0 Å². The molecule has 1 saturated heterocycles. The molecule has 1 aliphatic heterocycles. The van der Waals surface area contributed by atoms with Crippen LogP contribution in [0, 0.1) is 13.8 Å². The van der Waals surface area contributed by atoms with Gasteiger partial charge in [0.15, 0.2) is 0 Å². The Hall–Kier alpha value is -2.71. The molecule has 1 fully saturated rings. The molecule has 1 amide bonds. The lowest BCUT2D eigenvalue weighted by molar-refractivity contribution is 0.100. The summed E-state index contributed by atoms with van der Waals surface area (Å²) in [7, 11) is 0. The van der Waals surface area contributed by atoms with E-state index in [1.807, 2.05) is 26.0 Å². The van der Waals surface area contributed by atoms with Gasteiger partial charge in [-0.25, -0.2) is 9.97 Å². The molecule has 0 spiro atoms. The third kappa shape index (κ3) is 4.04. The maximum Gasteiger partial charge on any atom is 0.252 e. The van der Waals surface area contributed by atoms with E-state index in [0.29, 0.717) is 36.1 Å². The first-order chi connectivity index (χ1) is 11.9. The second-order valence-electron chi connectivity index (χ2n) is 6.23. The Morgan fingerprint density at radius 1 is 1.24 bits per heavy atom. The van der Waals surface area contributed by atoms with E-state index in [2.05, 4.69) is 20.6 Å². The Morgan fingerprint density at radius 3 is 2.68 bits per heavy atom. The fourth-order valence-corrected chi connectivity index (χ4v) is 2.79. The molecule has 2 aromatic heterocycles. The fourth-order valence-electron chi connectivity index (χ4n) is 2.79. The first kappa shape index (κ1) is 17.1. The Labute approximate surface area is 146 Å². The lowest BCUT2D eigenvalue weighted by atomic mass is 10.1. The number of carbonyl (C=O) groups excluding carboxylic acids is 1. The molecule has 0 unspecified atom stereocenters. The van der Waals surface area contributed by atoms with Crippen molar-refractivity contribution in [3.05, 3.63) is 41.2 Å². The number of aryl methyl sites for hydroxylation is 2. The van der Waals surface area contributed by atoms with Crippen molar-refractivity contribution in [2.75, 3.05) is 23.8 Å². The molecule has 2 atom stereocenters. The zero-order valence-corrected chi connectivity index (χ0v) is 14.2. The molecular weight excluding hydrogens is 320 g/mol. The molecule has 0 aliphatic carbocycles. The van der Waals surface area contributed by atoms with Crippen LogP contribution in [0.2, 0.25) is 0 Å². The first-order valence-corrected chi connectivity index (χ1v) is 8.04. The minimum atomic E-state index is -0.563. The van der Waals surface area contributed by atoms with Crippen LogP contribution < -0.4 is 22.1 Å². The summed E-state index contributed by atoms with van der Waals surface area (Å²) in [6, 6.07) is 5.46. The number of primary amides is 1. The largest absolute Gasteiger partial charge is 0.378 e. The predicted octanol–water partition coefficient (Wildman–Crippen LogP) is 1.07. The average Bonchev–Trinajstić information content (AvgIpc) is 2.91. The second-order valence-corrected chi connectivity index (χ2v) is 6.23. The molecule has 1 aliphatic rings. The van der Waals surface area contributed by atoms with Crippen LogP contribution in [-0.2, 0) is 4.74 Å². The number of aromatic nitrogens is 2. The number of carbonyl (C=O) groups is 1. The van der Waals surface area contributed by atoms with Crippen molar-refractivity contribution in [2.45, 2.75) is 25.9 Å². The van der Waals surface area contributed by atoms with Gasteiger partial charge in [0.05, 0.1) is 36.5 Å². The van der Waals surface area contributed by atoms with Crippen molar-refractivity contribution in [1.82, 2.24) is 9.97 Å². The van der Waals surface area contributed by atoms with Crippen LogP contribution in [0.15, 0.2) is 24.4 Å². The number of ether oxygens (including phenoxy) is 1. The maximum atomic E-state index is 11.7.